The van der Waals surface area contributed by atoms with Gasteiger partial charge >= 0.3 is 0 Å². The third-order valence-electron chi connectivity index (χ3n) is 2.11. The van der Waals surface area contributed by atoms with E-state index in [4.69, 9.17) is 5.11 Å². The SMILES string of the molecule is CC(C)C(CO)C(C)(C)C. The summed E-state index contributed by atoms with van der Waals surface area (Å²) in [6.45, 7) is 11.1. The molecule has 0 amide bonds. The van der Waals surface area contributed by atoms with Crippen LogP contribution in [0.1, 0.15) is 34.6 Å². The fraction of sp³-hybridized carbons (Fsp3) is 1.00. The van der Waals surface area contributed by atoms with E-state index in [1.54, 1.807) is 0 Å². The lowest BCUT2D eigenvalue weighted by molar-refractivity contribution is 0.0923. The highest BCUT2D eigenvalue weighted by Crippen LogP contribution is 2.31. The quantitative estimate of drug-likeness (QED) is 0.630. The minimum atomic E-state index is 0.239. The van der Waals surface area contributed by atoms with Crippen molar-refractivity contribution < 1.29 is 5.11 Å². The Morgan fingerprint density at radius 1 is 1.20 bits per heavy atom. The molecule has 0 aromatic rings. The number of hydrogen-bond donors (Lipinski definition) is 1. The smallest absolute Gasteiger partial charge is 0.0466 e. The van der Waals surface area contributed by atoms with E-state index in [-0.39, 0.29) is 5.41 Å². The highest BCUT2D eigenvalue weighted by Gasteiger charge is 2.26. The van der Waals surface area contributed by atoms with Gasteiger partial charge in [-0.1, -0.05) is 34.6 Å². The third kappa shape index (κ3) is 2.70. The van der Waals surface area contributed by atoms with Crippen molar-refractivity contribution in [1.82, 2.24) is 0 Å². The molecule has 0 heterocycles. The first-order chi connectivity index (χ1) is 4.39. The van der Waals surface area contributed by atoms with E-state index in [1.807, 2.05) is 0 Å². The molecule has 0 fully saturated rings. The zero-order valence-electron chi connectivity index (χ0n) is 7.81. The van der Waals surface area contributed by atoms with E-state index in [2.05, 4.69) is 34.6 Å². The largest absolute Gasteiger partial charge is 0.396 e. The summed E-state index contributed by atoms with van der Waals surface area (Å²) in [5.41, 5.74) is 0.239. The standard InChI is InChI=1S/C9H20O/c1-7(2)8(6-10)9(3,4)5/h7-8,10H,6H2,1-5H3. The van der Waals surface area contributed by atoms with Crippen LogP contribution in [0, 0.1) is 17.3 Å². The fourth-order valence-corrected chi connectivity index (χ4v) is 1.48. The summed E-state index contributed by atoms with van der Waals surface area (Å²) in [7, 11) is 0. The van der Waals surface area contributed by atoms with E-state index in [0.717, 1.165) is 0 Å². The van der Waals surface area contributed by atoms with Crippen LogP contribution in [-0.4, -0.2) is 11.7 Å². The summed E-state index contributed by atoms with van der Waals surface area (Å²) < 4.78 is 0. The molecule has 1 N–H and O–H groups in total. The van der Waals surface area contributed by atoms with Crippen molar-refractivity contribution in [2.45, 2.75) is 34.6 Å². The maximum atomic E-state index is 9.03. The molecule has 1 nitrogen and oxygen atoms in total. The lowest BCUT2D eigenvalue weighted by Crippen LogP contribution is -2.28. The highest BCUT2D eigenvalue weighted by molar-refractivity contribution is 4.75. The average molecular weight is 144 g/mol. The zero-order valence-corrected chi connectivity index (χ0v) is 7.81. The Balaban J connectivity index is 4.07. The van der Waals surface area contributed by atoms with E-state index in [1.165, 1.54) is 0 Å². The van der Waals surface area contributed by atoms with Gasteiger partial charge in [-0.25, -0.2) is 0 Å². The van der Waals surface area contributed by atoms with E-state index in [0.29, 0.717) is 18.4 Å². The normalized spacial score (nSPS) is 15.9. The van der Waals surface area contributed by atoms with Gasteiger partial charge in [-0.2, -0.15) is 0 Å². The Hall–Kier alpha value is -0.0400. The lowest BCUT2D eigenvalue weighted by atomic mass is 9.75. The summed E-state index contributed by atoms with van der Waals surface area (Å²) in [4.78, 5) is 0. The molecule has 0 aromatic heterocycles. The average Bonchev–Trinajstić information content (AvgIpc) is 1.60. The monoisotopic (exact) mass is 144 g/mol. The Morgan fingerprint density at radius 2 is 1.60 bits per heavy atom. The highest BCUT2D eigenvalue weighted by atomic mass is 16.3. The van der Waals surface area contributed by atoms with Gasteiger partial charge in [-0.05, 0) is 17.3 Å². The van der Waals surface area contributed by atoms with Crippen molar-refractivity contribution in [3.8, 4) is 0 Å². The molecule has 0 saturated heterocycles. The summed E-state index contributed by atoms with van der Waals surface area (Å²) in [6, 6.07) is 0. The van der Waals surface area contributed by atoms with E-state index < -0.39 is 0 Å². The van der Waals surface area contributed by atoms with Crippen LogP contribution in [0.25, 0.3) is 0 Å². The molecular formula is C9H20O. The zero-order chi connectivity index (χ0) is 8.36. The molecule has 1 heteroatoms. The number of hydrogen-bond acceptors (Lipinski definition) is 1. The van der Waals surface area contributed by atoms with Crippen LogP contribution in [-0.2, 0) is 0 Å². The Labute approximate surface area is 64.5 Å². The van der Waals surface area contributed by atoms with Crippen LogP contribution in [0.2, 0.25) is 0 Å². The van der Waals surface area contributed by atoms with Crippen LogP contribution in [0.4, 0.5) is 0 Å². The molecule has 0 aliphatic heterocycles. The minimum absolute atomic E-state index is 0.239. The van der Waals surface area contributed by atoms with Crippen molar-refractivity contribution in [2.75, 3.05) is 6.61 Å². The number of aliphatic hydroxyl groups is 1. The maximum Gasteiger partial charge on any atom is 0.0466 e. The summed E-state index contributed by atoms with van der Waals surface area (Å²) >= 11 is 0. The molecule has 0 radical (unpaired) electrons. The Kier molecular flexibility index (Phi) is 3.37. The predicted molar refractivity (Wildman–Crippen MR) is 44.9 cm³/mol. The first-order valence-corrected chi connectivity index (χ1v) is 4.00. The molecule has 0 aliphatic carbocycles. The van der Waals surface area contributed by atoms with Gasteiger partial charge in [0.15, 0.2) is 0 Å². The van der Waals surface area contributed by atoms with Crippen molar-refractivity contribution >= 4 is 0 Å². The number of rotatable bonds is 2. The molecule has 0 aromatic carbocycles. The van der Waals surface area contributed by atoms with Gasteiger partial charge in [0.2, 0.25) is 0 Å². The van der Waals surface area contributed by atoms with Crippen molar-refractivity contribution in [2.24, 2.45) is 17.3 Å². The molecule has 0 bridgehead atoms. The molecule has 0 aliphatic rings. The molecule has 10 heavy (non-hydrogen) atoms. The van der Waals surface area contributed by atoms with Crippen molar-refractivity contribution in [3.63, 3.8) is 0 Å². The van der Waals surface area contributed by atoms with Gasteiger partial charge < -0.3 is 5.11 Å². The second-order valence-corrected chi connectivity index (χ2v) is 4.40. The van der Waals surface area contributed by atoms with E-state index >= 15 is 0 Å². The molecule has 0 spiro atoms. The van der Waals surface area contributed by atoms with Gasteiger partial charge in [0, 0.05) is 6.61 Å². The molecule has 62 valence electrons. The van der Waals surface area contributed by atoms with Gasteiger partial charge in [0.1, 0.15) is 0 Å². The van der Waals surface area contributed by atoms with Crippen LogP contribution < -0.4 is 0 Å². The Morgan fingerprint density at radius 3 is 1.60 bits per heavy atom. The lowest BCUT2D eigenvalue weighted by Gasteiger charge is -2.32. The third-order valence-corrected chi connectivity index (χ3v) is 2.11. The summed E-state index contributed by atoms with van der Waals surface area (Å²) in [5.74, 6) is 0.998. The van der Waals surface area contributed by atoms with Gasteiger partial charge in [0.05, 0.1) is 0 Å². The van der Waals surface area contributed by atoms with Gasteiger partial charge in [-0.15, -0.1) is 0 Å². The molecule has 1 atom stereocenters. The van der Waals surface area contributed by atoms with Gasteiger partial charge in [-0.3, -0.25) is 0 Å². The summed E-state index contributed by atoms with van der Waals surface area (Å²) in [5, 5.41) is 9.03. The fourth-order valence-electron chi connectivity index (χ4n) is 1.48. The first-order valence-electron chi connectivity index (χ1n) is 4.00. The predicted octanol–water partition coefficient (Wildman–Crippen LogP) is 2.30. The second kappa shape index (κ2) is 3.38. The van der Waals surface area contributed by atoms with Crippen LogP contribution in [0.3, 0.4) is 0 Å². The van der Waals surface area contributed by atoms with Crippen LogP contribution in [0.5, 0.6) is 0 Å². The van der Waals surface area contributed by atoms with Crippen molar-refractivity contribution in [1.29, 1.82) is 0 Å². The Bertz CT molecular complexity index is 89.4. The number of aliphatic hydroxyl groups excluding tert-OH is 1. The minimum Gasteiger partial charge on any atom is -0.396 e. The topological polar surface area (TPSA) is 20.2 Å². The molecule has 0 saturated carbocycles. The van der Waals surface area contributed by atoms with E-state index in [9.17, 15) is 0 Å². The van der Waals surface area contributed by atoms with Crippen LogP contribution >= 0.6 is 0 Å². The summed E-state index contributed by atoms with van der Waals surface area (Å²) in [6.07, 6.45) is 0. The molecular weight excluding hydrogens is 124 g/mol. The van der Waals surface area contributed by atoms with Crippen molar-refractivity contribution in [3.05, 3.63) is 0 Å². The molecule has 0 rings (SSSR count). The second-order valence-electron chi connectivity index (χ2n) is 4.40. The maximum absolute atomic E-state index is 9.03. The van der Waals surface area contributed by atoms with Crippen LogP contribution in [0.15, 0.2) is 0 Å². The first kappa shape index (κ1) is 9.96. The molecule has 1 unspecified atom stereocenters. The van der Waals surface area contributed by atoms with Gasteiger partial charge in [0.25, 0.3) is 0 Å².